The van der Waals surface area contributed by atoms with Crippen molar-refractivity contribution < 1.29 is 0 Å². The van der Waals surface area contributed by atoms with Crippen LogP contribution in [-0.4, -0.2) is 22.0 Å². The van der Waals surface area contributed by atoms with Gasteiger partial charge in [-0.2, -0.15) is 0 Å². The zero-order chi connectivity index (χ0) is 9.80. The summed E-state index contributed by atoms with van der Waals surface area (Å²) >= 11 is 0. The molecule has 0 atom stereocenters. The van der Waals surface area contributed by atoms with Gasteiger partial charge in [0.05, 0.1) is 0 Å². The van der Waals surface area contributed by atoms with E-state index in [1.54, 1.807) is 12.4 Å². The van der Waals surface area contributed by atoms with Gasteiger partial charge < -0.3 is 10.3 Å². The van der Waals surface area contributed by atoms with E-state index in [4.69, 9.17) is 0 Å². The maximum Gasteiger partial charge on any atom is 0.137 e. The van der Waals surface area contributed by atoms with E-state index in [9.17, 15) is 0 Å². The fourth-order valence-corrected chi connectivity index (χ4v) is 1.30. The van der Waals surface area contributed by atoms with E-state index < -0.39 is 0 Å². The number of pyridine rings is 1. The van der Waals surface area contributed by atoms with Crippen molar-refractivity contribution in [3.8, 4) is 11.4 Å². The third-order valence-corrected chi connectivity index (χ3v) is 1.95. The lowest BCUT2D eigenvalue weighted by molar-refractivity contribution is 0.797. The molecule has 0 fully saturated rings. The van der Waals surface area contributed by atoms with Crippen molar-refractivity contribution in [2.45, 2.75) is 6.54 Å². The van der Waals surface area contributed by atoms with E-state index in [1.165, 1.54) is 0 Å². The van der Waals surface area contributed by atoms with Gasteiger partial charge in [0.25, 0.3) is 0 Å². The van der Waals surface area contributed by atoms with Gasteiger partial charge in [0.1, 0.15) is 5.82 Å². The zero-order valence-corrected chi connectivity index (χ0v) is 7.99. The quantitative estimate of drug-likeness (QED) is 0.760. The number of hydrogen-bond acceptors (Lipinski definition) is 3. The lowest BCUT2D eigenvalue weighted by Gasteiger charge is -1.95. The SMILES string of the molecule is CNCc1cnc(-c2ccncc2)[nH]1. The summed E-state index contributed by atoms with van der Waals surface area (Å²) in [4.78, 5) is 11.5. The average Bonchev–Trinajstić information content (AvgIpc) is 2.68. The largest absolute Gasteiger partial charge is 0.341 e. The molecule has 0 aliphatic carbocycles. The van der Waals surface area contributed by atoms with Crippen molar-refractivity contribution in [3.63, 3.8) is 0 Å². The Morgan fingerprint density at radius 2 is 2.14 bits per heavy atom. The molecule has 2 aromatic rings. The Hall–Kier alpha value is -1.68. The molecule has 0 spiro atoms. The summed E-state index contributed by atoms with van der Waals surface area (Å²) in [7, 11) is 1.91. The first-order valence-electron chi connectivity index (χ1n) is 4.49. The highest BCUT2D eigenvalue weighted by molar-refractivity contribution is 5.53. The highest BCUT2D eigenvalue weighted by Crippen LogP contribution is 2.13. The second-order valence-electron chi connectivity index (χ2n) is 3.02. The molecule has 2 N–H and O–H groups in total. The van der Waals surface area contributed by atoms with E-state index >= 15 is 0 Å². The van der Waals surface area contributed by atoms with Crippen LogP contribution in [0.25, 0.3) is 11.4 Å². The first-order chi connectivity index (χ1) is 6.90. The molecule has 2 aromatic heterocycles. The van der Waals surface area contributed by atoms with Crippen molar-refractivity contribution in [3.05, 3.63) is 36.4 Å². The van der Waals surface area contributed by atoms with Crippen LogP contribution in [0.3, 0.4) is 0 Å². The van der Waals surface area contributed by atoms with E-state index in [2.05, 4.69) is 20.3 Å². The molecule has 0 bridgehead atoms. The van der Waals surface area contributed by atoms with Gasteiger partial charge in [0, 0.05) is 36.4 Å². The minimum atomic E-state index is 0.804. The summed E-state index contributed by atoms with van der Waals surface area (Å²) in [6, 6.07) is 3.87. The van der Waals surface area contributed by atoms with Crippen LogP contribution < -0.4 is 5.32 Å². The van der Waals surface area contributed by atoms with Gasteiger partial charge in [-0.15, -0.1) is 0 Å². The Morgan fingerprint density at radius 3 is 2.86 bits per heavy atom. The highest BCUT2D eigenvalue weighted by atomic mass is 14.9. The number of nitrogens with zero attached hydrogens (tertiary/aromatic N) is 2. The Balaban J connectivity index is 2.25. The Bertz CT molecular complexity index is 394. The predicted octanol–water partition coefficient (Wildman–Crippen LogP) is 1.19. The Kier molecular flexibility index (Phi) is 2.55. The van der Waals surface area contributed by atoms with Gasteiger partial charge in [-0.25, -0.2) is 4.98 Å². The Morgan fingerprint density at radius 1 is 1.36 bits per heavy atom. The maximum atomic E-state index is 4.28. The van der Waals surface area contributed by atoms with Crippen LogP contribution in [0.5, 0.6) is 0 Å². The Labute approximate surface area is 82.4 Å². The average molecular weight is 188 g/mol. The van der Waals surface area contributed by atoms with E-state index in [0.29, 0.717) is 0 Å². The molecule has 0 radical (unpaired) electrons. The van der Waals surface area contributed by atoms with Crippen LogP contribution in [0.2, 0.25) is 0 Å². The number of imidazole rings is 1. The fourth-order valence-electron chi connectivity index (χ4n) is 1.30. The second-order valence-corrected chi connectivity index (χ2v) is 3.02. The number of hydrogen-bond donors (Lipinski definition) is 2. The van der Waals surface area contributed by atoms with Gasteiger partial charge in [-0.05, 0) is 19.2 Å². The van der Waals surface area contributed by atoms with Crippen LogP contribution in [-0.2, 0) is 6.54 Å². The van der Waals surface area contributed by atoms with E-state index in [0.717, 1.165) is 23.6 Å². The third kappa shape index (κ3) is 1.80. The summed E-state index contributed by atoms with van der Waals surface area (Å²) in [6.45, 7) is 0.804. The van der Waals surface area contributed by atoms with Crippen molar-refractivity contribution in [2.24, 2.45) is 0 Å². The van der Waals surface area contributed by atoms with Crippen LogP contribution in [0, 0.1) is 0 Å². The molecule has 2 heterocycles. The van der Waals surface area contributed by atoms with Crippen molar-refractivity contribution in [2.75, 3.05) is 7.05 Å². The van der Waals surface area contributed by atoms with Crippen molar-refractivity contribution in [1.82, 2.24) is 20.3 Å². The van der Waals surface area contributed by atoms with Gasteiger partial charge in [-0.1, -0.05) is 0 Å². The van der Waals surface area contributed by atoms with Crippen LogP contribution in [0.1, 0.15) is 5.69 Å². The minimum absolute atomic E-state index is 0.804. The molecule has 4 nitrogen and oxygen atoms in total. The lowest BCUT2D eigenvalue weighted by atomic mass is 10.2. The number of aromatic amines is 1. The first-order valence-corrected chi connectivity index (χ1v) is 4.49. The molecule has 0 saturated carbocycles. The molecule has 0 amide bonds. The number of H-pyrrole nitrogens is 1. The number of rotatable bonds is 3. The summed E-state index contributed by atoms with van der Waals surface area (Å²) < 4.78 is 0. The molecular weight excluding hydrogens is 176 g/mol. The molecule has 0 saturated heterocycles. The second kappa shape index (κ2) is 4.02. The molecule has 2 rings (SSSR count). The molecule has 14 heavy (non-hydrogen) atoms. The monoisotopic (exact) mass is 188 g/mol. The van der Waals surface area contributed by atoms with Crippen LogP contribution in [0.4, 0.5) is 0 Å². The topological polar surface area (TPSA) is 53.6 Å². The normalized spacial score (nSPS) is 10.4. The number of nitrogens with one attached hydrogen (secondary N) is 2. The maximum absolute atomic E-state index is 4.28. The minimum Gasteiger partial charge on any atom is -0.341 e. The van der Waals surface area contributed by atoms with Gasteiger partial charge in [0.15, 0.2) is 0 Å². The summed E-state index contributed by atoms with van der Waals surface area (Å²) in [5.41, 5.74) is 2.14. The number of aromatic nitrogens is 3. The summed E-state index contributed by atoms with van der Waals surface area (Å²) in [5.74, 6) is 0.887. The van der Waals surface area contributed by atoms with E-state index in [-0.39, 0.29) is 0 Å². The van der Waals surface area contributed by atoms with Crippen LogP contribution in [0.15, 0.2) is 30.7 Å². The van der Waals surface area contributed by atoms with E-state index in [1.807, 2.05) is 25.4 Å². The molecule has 72 valence electrons. The smallest absolute Gasteiger partial charge is 0.137 e. The lowest BCUT2D eigenvalue weighted by Crippen LogP contribution is -2.04. The zero-order valence-electron chi connectivity index (χ0n) is 7.99. The summed E-state index contributed by atoms with van der Waals surface area (Å²) in [6.07, 6.45) is 5.36. The molecule has 0 unspecified atom stereocenters. The molecule has 4 heteroatoms. The third-order valence-electron chi connectivity index (χ3n) is 1.95. The molecule has 0 aliphatic heterocycles. The first kappa shape index (κ1) is 8.90. The van der Waals surface area contributed by atoms with Crippen molar-refractivity contribution >= 4 is 0 Å². The standard InChI is InChI=1S/C10H12N4/c1-11-6-9-7-13-10(14-9)8-2-4-12-5-3-8/h2-5,7,11H,6H2,1H3,(H,13,14). The highest BCUT2D eigenvalue weighted by Gasteiger charge is 2.01. The molecule has 0 aliphatic rings. The molecule has 0 aromatic carbocycles. The van der Waals surface area contributed by atoms with Gasteiger partial charge in [0.2, 0.25) is 0 Å². The van der Waals surface area contributed by atoms with Crippen molar-refractivity contribution in [1.29, 1.82) is 0 Å². The van der Waals surface area contributed by atoms with Crippen LogP contribution >= 0.6 is 0 Å². The fraction of sp³-hybridized carbons (Fsp3) is 0.200. The summed E-state index contributed by atoms with van der Waals surface area (Å²) in [5, 5.41) is 3.07. The van der Waals surface area contributed by atoms with Gasteiger partial charge in [-0.3, -0.25) is 4.98 Å². The predicted molar refractivity (Wildman–Crippen MR) is 54.6 cm³/mol. The van der Waals surface area contributed by atoms with Gasteiger partial charge >= 0.3 is 0 Å². The molecular formula is C10H12N4.